The second-order valence-corrected chi connectivity index (χ2v) is 21.7. The minimum absolute atomic E-state index is 0.0257. The third kappa shape index (κ3) is 57.6. The molecule has 0 aliphatic heterocycles. The molecule has 0 rings (SSSR count). The zero-order valence-electron chi connectivity index (χ0n) is 48.6. The van der Waals surface area contributed by atoms with Gasteiger partial charge >= 0.3 is 0 Å². The van der Waals surface area contributed by atoms with Crippen LogP contribution in [-0.4, -0.2) is 68.5 Å². The maximum absolute atomic E-state index is 12.9. The minimum atomic E-state index is -4.63. The Morgan fingerprint density at radius 2 is 0.816 bits per heavy atom. The lowest BCUT2D eigenvalue weighted by atomic mass is 10.1. The van der Waals surface area contributed by atoms with E-state index in [1.807, 2.05) is 27.2 Å². The van der Waals surface area contributed by atoms with Crippen LogP contribution in [0.3, 0.4) is 0 Å². The Hall–Kier alpha value is -4.14. The van der Waals surface area contributed by atoms with Gasteiger partial charge in [-0.3, -0.25) is 9.36 Å². The average Bonchev–Trinajstić information content (AvgIpc) is 3.38. The van der Waals surface area contributed by atoms with Crippen LogP contribution in [-0.2, 0) is 18.4 Å². The quantitative estimate of drug-likeness (QED) is 0.0272. The minimum Gasteiger partial charge on any atom is -0.756 e. The van der Waals surface area contributed by atoms with Gasteiger partial charge in [0.15, 0.2) is 0 Å². The van der Waals surface area contributed by atoms with Crippen LogP contribution in [0.5, 0.6) is 0 Å². The number of quaternary nitrogens is 1. The van der Waals surface area contributed by atoms with Crippen molar-refractivity contribution in [3.63, 3.8) is 0 Å². The van der Waals surface area contributed by atoms with Crippen LogP contribution in [0, 0.1) is 0 Å². The fraction of sp³-hybridized carbons (Fsp3) is 0.567. The van der Waals surface area contributed by atoms with Gasteiger partial charge in [0.2, 0.25) is 5.91 Å². The smallest absolute Gasteiger partial charge is 0.268 e. The van der Waals surface area contributed by atoms with Crippen molar-refractivity contribution >= 4 is 13.7 Å². The van der Waals surface area contributed by atoms with E-state index >= 15 is 0 Å². The number of carbonyl (C=O) groups excluding carboxylic acids is 1. The van der Waals surface area contributed by atoms with Gasteiger partial charge in [0.05, 0.1) is 39.9 Å². The second kappa shape index (κ2) is 55.6. The molecule has 3 unspecified atom stereocenters. The van der Waals surface area contributed by atoms with E-state index in [2.05, 4.69) is 177 Å². The number of phosphoric acid groups is 1. The van der Waals surface area contributed by atoms with E-state index < -0.39 is 26.6 Å². The fourth-order valence-electron chi connectivity index (χ4n) is 7.30. The van der Waals surface area contributed by atoms with E-state index in [0.29, 0.717) is 23.9 Å². The monoisotopic (exact) mass is 1070 g/mol. The van der Waals surface area contributed by atoms with Gasteiger partial charge < -0.3 is 28.8 Å². The number of phosphoric ester groups is 1. The first-order valence-electron chi connectivity index (χ1n) is 29.5. The highest BCUT2D eigenvalue weighted by molar-refractivity contribution is 7.45. The number of likely N-dealkylation sites (N-methyl/N-ethyl adjacent to an activating group) is 1. The predicted molar refractivity (Wildman–Crippen MR) is 329 cm³/mol. The van der Waals surface area contributed by atoms with Crippen molar-refractivity contribution in [2.75, 3.05) is 40.9 Å². The van der Waals surface area contributed by atoms with E-state index in [-0.39, 0.29) is 18.9 Å². The summed E-state index contributed by atoms with van der Waals surface area (Å²) < 4.78 is 23.3. The SMILES string of the molecule is CC/C=C\C/C=C\C/C=C\C/C=C\C/C=C\C/C=C\C/C=C\C/C=C\C/C=C\C/C=C\C/C=C\CCCCCC(=O)NC(COP(=O)([O-])OCC[N+](C)(C)C)C(O)/C=C/CC/C=C/CC/C=C/CCCCCCCCC. The van der Waals surface area contributed by atoms with Crippen molar-refractivity contribution in [3.8, 4) is 0 Å². The van der Waals surface area contributed by atoms with Gasteiger partial charge in [0, 0.05) is 6.42 Å². The predicted octanol–water partition coefficient (Wildman–Crippen LogP) is 17.8. The number of hydrogen-bond acceptors (Lipinski definition) is 6. The maximum Gasteiger partial charge on any atom is 0.268 e. The molecule has 0 aromatic heterocycles. The van der Waals surface area contributed by atoms with Gasteiger partial charge in [-0.15, -0.1) is 0 Å². The number of aliphatic hydroxyl groups is 1. The van der Waals surface area contributed by atoms with Crippen molar-refractivity contribution in [2.45, 2.75) is 206 Å². The summed E-state index contributed by atoms with van der Waals surface area (Å²) >= 11 is 0. The molecule has 0 saturated carbocycles. The molecule has 8 nitrogen and oxygen atoms in total. The Morgan fingerprint density at radius 3 is 1.22 bits per heavy atom. The Kier molecular flexibility index (Phi) is 52.6. The molecule has 0 spiro atoms. The van der Waals surface area contributed by atoms with Crippen LogP contribution in [0.25, 0.3) is 0 Å². The molecular weight excluding hydrogens is 960 g/mol. The number of nitrogens with one attached hydrogen (secondary N) is 1. The van der Waals surface area contributed by atoms with Crippen molar-refractivity contribution in [2.24, 2.45) is 0 Å². The number of hydrogen-bond donors (Lipinski definition) is 2. The molecule has 0 bridgehead atoms. The third-order valence-corrected chi connectivity index (χ3v) is 12.9. The van der Waals surface area contributed by atoms with E-state index in [0.717, 1.165) is 116 Å². The number of allylic oxidation sites excluding steroid dienone is 27. The highest BCUT2D eigenvalue weighted by Crippen LogP contribution is 2.38. The van der Waals surface area contributed by atoms with Crippen LogP contribution >= 0.6 is 7.82 Å². The molecule has 0 aliphatic carbocycles. The van der Waals surface area contributed by atoms with Crippen molar-refractivity contribution in [1.29, 1.82) is 0 Å². The lowest BCUT2D eigenvalue weighted by molar-refractivity contribution is -0.870. The number of unbranched alkanes of at least 4 members (excludes halogenated alkanes) is 12. The molecule has 0 saturated heterocycles. The van der Waals surface area contributed by atoms with Crippen molar-refractivity contribution < 1.29 is 32.9 Å². The van der Waals surface area contributed by atoms with Gasteiger partial charge in [0.1, 0.15) is 13.2 Å². The Bertz CT molecular complexity index is 1840. The van der Waals surface area contributed by atoms with E-state index in [1.54, 1.807) is 6.08 Å². The third-order valence-electron chi connectivity index (χ3n) is 11.9. The number of amides is 1. The summed E-state index contributed by atoms with van der Waals surface area (Å²) in [5.41, 5.74) is 0. The summed E-state index contributed by atoms with van der Waals surface area (Å²) in [6.45, 7) is 4.44. The molecule has 0 aromatic carbocycles. The van der Waals surface area contributed by atoms with E-state index in [1.165, 1.54) is 44.9 Å². The van der Waals surface area contributed by atoms with Gasteiger partial charge in [-0.1, -0.05) is 229 Å². The van der Waals surface area contributed by atoms with Crippen LogP contribution in [0.15, 0.2) is 170 Å². The summed E-state index contributed by atoms with van der Waals surface area (Å²) in [7, 11) is 1.18. The molecule has 0 fully saturated rings. The summed E-state index contributed by atoms with van der Waals surface area (Å²) in [4.78, 5) is 25.5. The zero-order chi connectivity index (χ0) is 55.6. The molecule has 9 heteroatoms. The lowest BCUT2D eigenvalue weighted by Gasteiger charge is -2.29. The molecule has 0 heterocycles. The molecule has 0 radical (unpaired) electrons. The summed E-state index contributed by atoms with van der Waals surface area (Å²) in [6, 6.07) is -0.941. The first-order valence-corrected chi connectivity index (χ1v) is 31.0. The Morgan fingerprint density at radius 1 is 0.474 bits per heavy atom. The van der Waals surface area contributed by atoms with Crippen LogP contribution in [0.2, 0.25) is 0 Å². The molecule has 0 aromatic rings. The summed E-state index contributed by atoms with van der Waals surface area (Å²) in [6.07, 6.45) is 88.7. The molecule has 0 aliphatic rings. The molecule has 3 atom stereocenters. The fourth-order valence-corrected chi connectivity index (χ4v) is 8.03. The largest absolute Gasteiger partial charge is 0.756 e. The van der Waals surface area contributed by atoms with Gasteiger partial charge in [0.25, 0.3) is 7.82 Å². The van der Waals surface area contributed by atoms with E-state index in [9.17, 15) is 19.4 Å². The lowest BCUT2D eigenvalue weighted by Crippen LogP contribution is -2.45. The first-order chi connectivity index (χ1) is 37.0. The number of rotatable bonds is 51. The summed E-state index contributed by atoms with van der Waals surface area (Å²) in [5.74, 6) is -0.251. The number of nitrogens with zero attached hydrogens (tertiary/aromatic N) is 1. The molecule has 2 N–H and O–H groups in total. The zero-order valence-corrected chi connectivity index (χ0v) is 49.5. The highest BCUT2D eigenvalue weighted by atomic mass is 31.2. The second-order valence-electron chi connectivity index (χ2n) is 20.2. The van der Waals surface area contributed by atoms with Crippen LogP contribution < -0.4 is 10.2 Å². The van der Waals surface area contributed by atoms with Crippen molar-refractivity contribution in [3.05, 3.63) is 170 Å². The summed E-state index contributed by atoms with van der Waals surface area (Å²) in [5, 5.41) is 13.8. The first kappa shape index (κ1) is 71.9. The highest BCUT2D eigenvalue weighted by Gasteiger charge is 2.23. The Balaban J connectivity index is 4.34. The number of aliphatic hydroxyl groups excluding tert-OH is 1. The van der Waals surface area contributed by atoms with Gasteiger partial charge in [-0.2, -0.15) is 0 Å². The molecular formula is C67H109N2O6P. The topological polar surface area (TPSA) is 108 Å². The Labute approximate surface area is 466 Å². The average molecular weight is 1070 g/mol. The van der Waals surface area contributed by atoms with Crippen LogP contribution in [0.4, 0.5) is 0 Å². The molecule has 76 heavy (non-hydrogen) atoms. The number of carbonyl (C=O) groups is 1. The maximum atomic E-state index is 12.9. The standard InChI is InChI=1S/C67H109N2O6P/c1-6-8-10-12-14-16-18-20-22-24-25-26-27-28-29-30-31-32-33-34-35-36-37-38-39-40-41-42-43-45-47-49-51-53-55-57-59-61-67(71)68-65(64-75-76(72,73)74-63-62-69(3,4)5)66(70)60-58-56-54-52-50-48-46-44-23-21-19-17-15-13-11-9-7-2/h8,10,14,16,20,22-23,25-26,28-29,31-32,34-35,37-38,40-41,43-45,49-52,58,60,65-66,70H,6-7,9,11-13,15,17-19,21,24,27,30,33,36,39,42,46-48,53-57,59,61-64H2,1-5H3,(H-,68,71,72,73)/b10-8-,16-14-,22-20-,26-25-,29-28-,32-31-,35-34-,38-37-,41-40-,44-23+,45-43-,51-49-,52-50+,60-58+. The molecule has 428 valence electrons. The molecule has 1 amide bonds. The van der Waals surface area contributed by atoms with Crippen molar-refractivity contribution in [1.82, 2.24) is 5.32 Å². The normalized spacial score (nSPS) is 15.1. The van der Waals surface area contributed by atoms with Crippen LogP contribution in [0.1, 0.15) is 194 Å². The van der Waals surface area contributed by atoms with E-state index in [4.69, 9.17) is 9.05 Å². The van der Waals surface area contributed by atoms with Gasteiger partial charge in [-0.05, 0) is 128 Å². The van der Waals surface area contributed by atoms with Gasteiger partial charge in [-0.25, -0.2) is 0 Å².